The Hall–Kier alpha value is -2.98. The standard InChI is InChI=1S/C19H15N2O4S2/c1-14-3-7-16(8-4-14)26(22,23)18(12-20)11-19(13-21)27(24,25)17-9-5-15(2)6-10-17/h3-11H,1-2H3/q-1/b18-11+. The lowest BCUT2D eigenvalue weighted by Crippen LogP contribution is -2.08. The molecule has 2 aromatic rings. The largest absolute Gasteiger partial charge is 0.762 e. The van der Waals surface area contributed by atoms with Gasteiger partial charge < -0.3 is 5.41 Å². The van der Waals surface area contributed by atoms with Crippen LogP contribution < -0.4 is 0 Å². The summed E-state index contributed by atoms with van der Waals surface area (Å²) in [6.07, 6.45) is 0.602. The van der Waals surface area contributed by atoms with E-state index in [-0.39, 0.29) is 9.79 Å². The molecule has 0 bridgehead atoms. The van der Waals surface area contributed by atoms with E-state index in [2.05, 4.69) is 0 Å². The molecule has 0 aliphatic heterocycles. The highest BCUT2D eigenvalue weighted by Crippen LogP contribution is 2.24. The maximum atomic E-state index is 12.6. The number of nitriles is 1. The molecule has 2 aromatic carbocycles. The van der Waals surface area contributed by atoms with Gasteiger partial charge in [-0.15, -0.1) is 0 Å². The van der Waals surface area contributed by atoms with Crippen molar-refractivity contribution in [3.63, 3.8) is 0 Å². The van der Waals surface area contributed by atoms with Gasteiger partial charge in [0.25, 0.3) is 0 Å². The molecule has 138 valence electrons. The molecule has 0 amide bonds. The quantitative estimate of drug-likeness (QED) is 0.435. The first-order valence-electron chi connectivity index (χ1n) is 7.65. The molecule has 6 nitrogen and oxygen atoms in total. The van der Waals surface area contributed by atoms with Crippen molar-refractivity contribution in [1.29, 1.82) is 5.26 Å². The number of hydrogen-bond donors (Lipinski definition) is 0. The van der Waals surface area contributed by atoms with Gasteiger partial charge >= 0.3 is 0 Å². The van der Waals surface area contributed by atoms with Crippen LogP contribution in [0, 0.1) is 25.2 Å². The molecule has 0 saturated heterocycles. The van der Waals surface area contributed by atoms with Crippen molar-refractivity contribution in [2.45, 2.75) is 23.6 Å². The molecule has 0 fully saturated rings. The molecule has 0 aromatic heterocycles. The maximum absolute atomic E-state index is 12.6. The fraction of sp³-hybridized carbons (Fsp3) is 0.105. The van der Waals surface area contributed by atoms with Crippen molar-refractivity contribution in [3.05, 3.63) is 81.0 Å². The zero-order valence-corrected chi connectivity index (χ0v) is 16.2. The minimum absolute atomic E-state index is 0.161. The smallest absolute Gasteiger partial charge is 0.216 e. The zero-order valence-electron chi connectivity index (χ0n) is 14.5. The first kappa shape index (κ1) is 20.3. The van der Waals surface area contributed by atoms with Crippen LogP contribution in [0.2, 0.25) is 0 Å². The molecule has 0 heterocycles. The molecule has 8 heteroatoms. The highest BCUT2D eigenvalue weighted by Gasteiger charge is 2.25. The topological polar surface area (TPSA) is 114 Å². The van der Waals surface area contributed by atoms with E-state index < -0.39 is 29.5 Å². The zero-order chi connectivity index (χ0) is 20.2. The van der Waals surface area contributed by atoms with Gasteiger partial charge in [0.15, 0.2) is 4.91 Å². The van der Waals surface area contributed by atoms with Gasteiger partial charge in [-0.3, -0.25) is 0 Å². The average Bonchev–Trinajstić information content (AvgIpc) is 2.63. The summed E-state index contributed by atoms with van der Waals surface area (Å²) in [5, 5.41) is 18.6. The number of sulfone groups is 2. The Morgan fingerprint density at radius 3 is 1.63 bits per heavy atom. The molecule has 0 saturated carbocycles. The Bertz CT molecular complexity index is 1190. The number of aryl methyl sites for hydroxylation is 2. The number of nitrogens with zero attached hydrogens (tertiary/aromatic N) is 2. The molecule has 0 spiro atoms. The summed E-state index contributed by atoms with van der Waals surface area (Å²) in [4.78, 5) is -1.96. The SMILES string of the molecule is Cc1ccc(S(=O)(=O)C(=C=[N-])/C=C(\C#N)S(=O)(=O)c2ccc(C)cc2)cc1. The Morgan fingerprint density at radius 1 is 0.852 bits per heavy atom. The van der Waals surface area contributed by atoms with Crippen LogP contribution in [0.3, 0.4) is 0 Å². The predicted molar refractivity (Wildman–Crippen MR) is 102 cm³/mol. The van der Waals surface area contributed by atoms with Gasteiger partial charge in [0.2, 0.25) is 19.7 Å². The normalized spacial score (nSPS) is 12.1. The average molecular weight is 399 g/mol. The lowest BCUT2D eigenvalue weighted by molar-refractivity contribution is 0.602. The number of allylic oxidation sites excluding steroid dienone is 2. The molecule has 0 atom stereocenters. The predicted octanol–water partition coefficient (Wildman–Crippen LogP) is 3.08. The lowest BCUT2D eigenvalue weighted by atomic mass is 10.2. The van der Waals surface area contributed by atoms with Crippen molar-refractivity contribution < 1.29 is 16.8 Å². The van der Waals surface area contributed by atoms with Gasteiger partial charge in [0.05, 0.1) is 14.7 Å². The number of benzene rings is 2. The summed E-state index contributed by atoms with van der Waals surface area (Å²) in [6, 6.07) is 13.0. The van der Waals surface area contributed by atoms with Crippen molar-refractivity contribution in [2.75, 3.05) is 0 Å². The Labute approximate surface area is 158 Å². The number of hydrogen-bond acceptors (Lipinski definition) is 5. The van der Waals surface area contributed by atoms with Crippen LogP contribution in [0.15, 0.2) is 74.2 Å². The fourth-order valence-corrected chi connectivity index (χ4v) is 4.51. The van der Waals surface area contributed by atoms with Gasteiger partial charge in [0, 0.05) is 0 Å². The Morgan fingerprint density at radius 2 is 1.26 bits per heavy atom. The summed E-state index contributed by atoms with van der Waals surface area (Å²) >= 11 is 0. The number of rotatable bonds is 5. The molecule has 2 rings (SSSR count). The van der Waals surface area contributed by atoms with E-state index in [4.69, 9.17) is 0 Å². The third-order valence-corrected chi connectivity index (χ3v) is 7.09. The van der Waals surface area contributed by atoms with Crippen molar-refractivity contribution in [2.24, 2.45) is 0 Å². The fourth-order valence-electron chi connectivity index (χ4n) is 2.15. The first-order valence-corrected chi connectivity index (χ1v) is 10.6. The van der Waals surface area contributed by atoms with Crippen LogP contribution in [-0.4, -0.2) is 22.7 Å². The van der Waals surface area contributed by atoms with E-state index in [9.17, 15) is 27.5 Å². The van der Waals surface area contributed by atoms with Crippen LogP contribution in [0.5, 0.6) is 0 Å². The second-order valence-corrected chi connectivity index (χ2v) is 9.57. The Balaban J connectivity index is 2.58. The molecule has 27 heavy (non-hydrogen) atoms. The van der Waals surface area contributed by atoms with Crippen LogP contribution in [-0.2, 0) is 19.7 Å². The van der Waals surface area contributed by atoms with Gasteiger partial charge in [0.1, 0.15) is 6.07 Å². The highest BCUT2D eigenvalue weighted by molar-refractivity contribution is 7.96. The minimum atomic E-state index is -4.26. The summed E-state index contributed by atoms with van der Waals surface area (Å²) in [5.41, 5.74) is 1.64. The summed E-state index contributed by atoms with van der Waals surface area (Å²) in [5.74, 6) is 1.49. The molecule has 0 aliphatic rings. The summed E-state index contributed by atoms with van der Waals surface area (Å²) in [7, 11) is -8.52. The van der Waals surface area contributed by atoms with E-state index in [0.29, 0.717) is 6.08 Å². The van der Waals surface area contributed by atoms with Crippen molar-refractivity contribution in [1.82, 2.24) is 0 Å². The summed E-state index contributed by atoms with van der Waals surface area (Å²) < 4.78 is 50.5. The monoisotopic (exact) mass is 399 g/mol. The van der Waals surface area contributed by atoms with Gasteiger partial charge in [-0.05, 0) is 44.2 Å². The van der Waals surface area contributed by atoms with E-state index in [1.54, 1.807) is 38.1 Å². The third-order valence-electron chi connectivity index (χ3n) is 3.72. The molecular weight excluding hydrogens is 384 g/mol. The molecule has 0 radical (unpaired) electrons. The van der Waals surface area contributed by atoms with E-state index >= 15 is 0 Å². The molecular formula is C19H15N2O4S2-. The van der Waals surface area contributed by atoms with Gasteiger partial charge in [-0.1, -0.05) is 35.4 Å². The Kier molecular flexibility index (Phi) is 5.82. The van der Waals surface area contributed by atoms with Crippen LogP contribution in [0.25, 0.3) is 5.41 Å². The maximum Gasteiger partial charge on any atom is 0.216 e. The first-order chi connectivity index (χ1) is 12.6. The molecule has 0 aliphatic carbocycles. The van der Waals surface area contributed by atoms with Crippen molar-refractivity contribution >= 4 is 25.5 Å². The van der Waals surface area contributed by atoms with E-state index in [1.165, 1.54) is 36.2 Å². The van der Waals surface area contributed by atoms with Crippen molar-refractivity contribution in [3.8, 4) is 6.07 Å². The molecule has 0 unspecified atom stereocenters. The van der Waals surface area contributed by atoms with Crippen LogP contribution >= 0.6 is 0 Å². The van der Waals surface area contributed by atoms with E-state index in [0.717, 1.165) is 11.1 Å². The second-order valence-electron chi connectivity index (χ2n) is 5.73. The highest BCUT2D eigenvalue weighted by atomic mass is 32.2. The van der Waals surface area contributed by atoms with Gasteiger partial charge in [-0.25, -0.2) is 22.7 Å². The second kappa shape index (κ2) is 7.72. The minimum Gasteiger partial charge on any atom is -0.762 e. The summed E-state index contributed by atoms with van der Waals surface area (Å²) in [6.45, 7) is 3.54. The third kappa shape index (κ3) is 4.23. The molecule has 0 N–H and O–H groups in total. The van der Waals surface area contributed by atoms with Crippen LogP contribution in [0.4, 0.5) is 0 Å². The lowest BCUT2D eigenvalue weighted by Gasteiger charge is -2.07. The van der Waals surface area contributed by atoms with Gasteiger partial charge in [-0.2, -0.15) is 5.26 Å². The van der Waals surface area contributed by atoms with E-state index in [1.807, 2.05) is 0 Å². The van der Waals surface area contributed by atoms with Crippen LogP contribution in [0.1, 0.15) is 11.1 Å².